The summed E-state index contributed by atoms with van der Waals surface area (Å²) in [5.74, 6) is -0.957. The van der Waals surface area contributed by atoms with E-state index in [-0.39, 0.29) is 43.1 Å². The third-order valence-corrected chi connectivity index (χ3v) is 7.22. The van der Waals surface area contributed by atoms with E-state index in [2.05, 4.69) is 41.1 Å². The normalized spacial score (nSPS) is 15.2. The van der Waals surface area contributed by atoms with Gasteiger partial charge in [-0.3, -0.25) is 19.7 Å². The number of alkyl halides is 1. The van der Waals surface area contributed by atoms with E-state index in [1.54, 1.807) is 42.5 Å². The van der Waals surface area contributed by atoms with E-state index in [9.17, 15) is 23.6 Å². The lowest BCUT2D eigenvalue weighted by Gasteiger charge is -2.21. The Kier molecular flexibility index (Phi) is 9.57. The zero-order valence-corrected chi connectivity index (χ0v) is 24.6. The van der Waals surface area contributed by atoms with E-state index in [1.807, 2.05) is 0 Å². The third-order valence-electron chi connectivity index (χ3n) is 6.99. The third kappa shape index (κ3) is 7.75. The Labute approximate surface area is 260 Å². The van der Waals surface area contributed by atoms with Crippen LogP contribution in [0.5, 0.6) is 0 Å². The first-order valence-electron chi connectivity index (χ1n) is 13.7. The molecule has 1 aliphatic rings. The first-order chi connectivity index (χ1) is 21.7. The number of carbonyl (C=O) groups excluding carboxylic acids is 3. The zero-order chi connectivity index (χ0) is 31.9. The molecular weight excluding hydrogens is 609 g/mol. The molecule has 0 saturated carbocycles. The molecule has 4 aromatic rings. The SMILES string of the molecule is COC(=O)Nc1ccc(-c2cc(C(CC(=O)N3CCC(F)C3)NC(=O)C=Cc3cc(Cl)ccc3-n3cnnn3)n[nH]c2=O)cc1. The number of carbonyl (C=O) groups is 3. The van der Waals surface area contributed by atoms with Gasteiger partial charge in [-0.25, -0.2) is 14.3 Å². The lowest BCUT2D eigenvalue weighted by atomic mass is 10.0. The summed E-state index contributed by atoms with van der Waals surface area (Å²) in [7, 11) is 1.24. The lowest BCUT2D eigenvalue weighted by molar-refractivity contribution is -0.131. The Morgan fingerprint density at radius 2 is 2.00 bits per heavy atom. The number of rotatable bonds is 9. The van der Waals surface area contributed by atoms with Gasteiger partial charge in [-0.2, -0.15) is 9.78 Å². The van der Waals surface area contributed by atoms with Crippen LogP contribution < -0.4 is 16.2 Å². The van der Waals surface area contributed by atoms with E-state index in [0.717, 1.165) is 0 Å². The van der Waals surface area contributed by atoms with Gasteiger partial charge in [0.1, 0.15) is 12.5 Å². The van der Waals surface area contributed by atoms with Gasteiger partial charge < -0.3 is 15.0 Å². The van der Waals surface area contributed by atoms with E-state index in [1.165, 1.54) is 41.2 Å². The first-order valence-corrected chi connectivity index (χ1v) is 14.1. The quantitative estimate of drug-likeness (QED) is 0.233. The maximum absolute atomic E-state index is 13.9. The number of ether oxygens (including phenoxy) is 1. The van der Waals surface area contributed by atoms with Gasteiger partial charge >= 0.3 is 6.09 Å². The molecule has 0 aliphatic carbocycles. The highest BCUT2D eigenvalue weighted by Crippen LogP contribution is 2.24. The van der Waals surface area contributed by atoms with Crippen molar-refractivity contribution in [2.24, 2.45) is 0 Å². The van der Waals surface area contributed by atoms with Gasteiger partial charge in [0.05, 0.1) is 43.1 Å². The molecule has 1 fully saturated rings. The van der Waals surface area contributed by atoms with Crippen molar-refractivity contribution >= 4 is 41.3 Å². The highest BCUT2D eigenvalue weighted by molar-refractivity contribution is 6.30. The van der Waals surface area contributed by atoms with Gasteiger partial charge in [0.2, 0.25) is 11.8 Å². The number of hydrogen-bond donors (Lipinski definition) is 3. The minimum atomic E-state index is -1.12. The molecule has 0 bridgehead atoms. The van der Waals surface area contributed by atoms with Crippen molar-refractivity contribution < 1.29 is 23.5 Å². The van der Waals surface area contributed by atoms with Gasteiger partial charge in [0, 0.05) is 28.9 Å². The van der Waals surface area contributed by atoms with Crippen molar-refractivity contribution in [1.82, 2.24) is 40.6 Å². The Morgan fingerprint density at radius 1 is 1.20 bits per heavy atom. The molecule has 2 aromatic carbocycles. The average Bonchev–Trinajstić information content (AvgIpc) is 3.73. The monoisotopic (exact) mass is 635 g/mol. The van der Waals surface area contributed by atoms with Crippen molar-refractivity contribution in [3.05, 3.63) is 87.6 Å². The molecule has 0 spiro atoms. The van der Waals surface area contributed by atoms with Crippen LogP contribution in [0.1, 0.15) is 30.1 Å². The van der Waals surface area contributed by atoms with E-state index < -0.39 is 29.8 Å². The van der Waals surface area contributed by atoms with Crippen molar-refractivity contribution in [2.75, 3.05) is 25.5 Å². The summed E-state index contributed by atoms with van der Waals surface area (Å²) in [5.41, 5.74) is 1.93. The predicted molar refractivity (Wildman–Crippen MR) is 161 cm³/mol. The van der Waals surface area contributed by atoms with E-state index in [0.29, 0.717) is 27.5 Å². The molecule has 232 valence electrons. The van der Waals surface area contributed by atoms with E-state index in [4.69, 9.17) is 11.6 Å². The van der Waals surface area contributed by atoms with Crippen LogP contribution in [0, 0.1) is 0 Å². The molecular formula is C29H27ClFN9O5. The van der Waals surface area contributed by atoms with Gasteiger partial charge in [-0.05, 0) is 64.9 Å². The fraction of sp³-hybridized carbons (Fsp3) is 0.241. The summed E-state index contributed by atoms with van der Waals surface area (Å²) in [6.45, 7) is 0.218. The summed E-state index contributed by atoms with van der Waals surface area (Å²) < 4.78 is 19.9. The number of nitrogens with one attached hydrogen (secondary N) is 3. The van der Waals surface area contributed by atoms with Crippen LogP contribution in [0.15, 0.2) is 65.7 Å². The maximum Gasteiger partial charge on any atom is 0.411 e. The largest absolute Gasteiger partial charge is 0.453 e. The van der Waals surface area contributed by atoms with Crippen LogP contribution in [-0.4, -0.2) is 79.6 Å². The molecule has 3 amide bonds. The van der Waals surface area contributed by atoms with Crippen LogP contribution in [-0.2, 0) is 14.3 Å². The maximum atomic E-state index is 13.9. The van der Waals surface area contributed by atoms with Crippen LogP contribution in [0.3, 0.4) is 0 Å². The molecule has 14 nitrogen and oxygen atoms in total. The Balaban J connectivity index is 1.41. The van der Waals surface area contributed by atoms with Crippen molar-refractivity contribution in [2.45, 2.75) is 25.1 Å². The second-order valence-electron chi connectivity index (χ2n) is 10.0. The zero-order valence-electron chi connectivity index (χ0n) is 23.8. The summed E-state index contributed by atoms with van der Waals surface area (Å²) in [4.78, 5) is 52.0. The van der Waals surface area contributed by atoms with Crippen LogP contribution >= 0.6 is 11.6 Å². The number of methoxy groups -OCH3 is 1. The Morgan fingerprint density at radius 3 is 2.69 bits per heavy atom. The number of anilines is 1. The predicted octanol–water partition coefficient (Wildman–Crippen LogP) is 3.08. The molecule has 3 N–H and O–H groups in total. The second kappa shape index (κ2) is 13.9. The summed E-state index contributed by atoms with van der Waals surface area (Å²) in [5, 5.41) is 23.4. The lowest BCUT2D eigenvalue weighted by Crippen LogP contribution is -2.36. The van der Waals surface area contributed by atoms with Gasteiger partial charge in [0.15, 0.2) is 0 Å². The highest BCUT2D eigenvalue weighted by Gasteiger charge is 2.29. The Hall–Kier alpha value is -5.44. The molecule has 1 saturated heterocycles. The summed E-state index contributed by atoms with van der Waals surface area (Å²) in [6, 6.07) is 11.8. The molecule has 2 unspecified atom stereocenters. The van der Waals surface area contributed by atoms with Crippen molar-refractivity contribution in [1.29, 1.82) is 0 Å². The summed E-state index contributed by atoms with van der Waals surface area (Å²) >= 11 is 6.18. The van der Waals surface area contributed by atoms with Crippen LogP contribution in [0.25, 0.3) is 22.9 Å². The van der Waals surface area contributed by atoms with Crippen LogP contribution in [0.4, 0.5) is 14.9 Å². The standard InChI is InChI=1S/C29H27ClFN9O5/c1-45-29(44)33-21-6-2-17(3-7-21)22-13-24(35-36-28(22)43)23(14-27(42)39-11-10-20(31)15-39)34-26(41)9-4-18-12-19(30)5-8-25(18)40-16-32-37-38-40/h2-9,12-13,16,20,23H,10-11,14-15H2,1H3,(H,33,44)(H,34,41)(H,36,43). The van der Waals surface area contributed by atoms with Gasteiger partial charge in [-0.15, -0.1) is 5.10 Å². The fourth-order valence-electron chi connectivity index (χ4n) is 4.72. The van der Waals surface area contributed by atoms with Gasteiger partial charge in [0.25, 0.3) is 5.56 Å². The molecule has 1 aliphatic heterocycles. The van der Waals surface area contributed by atoms with Crippen molar-refractivity contribution in [3.8, 4) is 16.8 Å². The number of amides is 3. The number of H-pyrrole nitrogens is 1. The minimum absolute atomic E-state index is 0.0374. The minimum Gasteiger partial charge on any atom is -0.453 e. The second-order valence-corrected chi connectivity index (χ2v) is 10.4. The number of aromatic nitrogens is 6. The highest BCUT2D eigenvalue weighted by atomic mass is 35.5. The van der Waals surface area contributed by atoms with Crippen LogP contribution in [0.2, 0.25) is 5.02 Å². The number of likely N-dealkylation sites (tertiary alicyclic amines) is 1. The number of halogens is 2. The number of nitrogens with zero attached hydrogens (tertiary/aromatic N) is 6. The number of hydrogen-bond acceptors (Lipinski definition) is 9. The number of aromatic amines is 1. The van der Waals surface area contributed by atoms with E-state index >= 15 is 0 Å². The molecule has 2 aromatic heterocycles. The average molecular weight is 636 g/mol. The molecule has 16 heteroatoms. The molecule has 5 rings (SSSR count). The number of benzene rings is 2. The first kappa shape index (κ1) is 31.0. The summed E-state index contributed by atoms with van der Waals surface area (Å²) in [6.07, 6.45) is 2.39. The Bertz CT molecular complexity index is 1780. The van der Waals surface area contributed by atoms with Crippen molar-refractivity contribution in [3.63, 3.8) is 0 Å². The molecule has 0 radical (unpaired) electrons. The fourth-order valence-corrected chi connectivity index (χ4v) is 4.90. The molecule has 45 heavy (non-hydrogen) atoms. The topological polar surface area (TPSA) is 177 Å². The molecule has 3 heterocycles. The van der Waals surface area contributed by atoms with Gasteiger partial charge in [-0.1, -0.05) is 23.7 Å². The number of tetrazole rings is 1. The smallest absolute Gasteiger partial charge is 0.411 e. The molecule has 2 atom stereocenters.